The van der Waals surface area contributed by atoms with E-state index in [4.69, 9.17) is 4.11 Å². The molecule has 1 fully saturated rings. The smallest absolute Gasteiger partial charge is 0.228 e. The normalized spacial score (nSPS) is 21.3. The monoisotopic (exact) mass is 476 g/mol. The van der Waals surface area contributed by atoms with Gasteiger partial charge in [0.15, 0.2) is 23.1 Å². The van der Waals surface area contributed by atoms with E-state index < -0.39 is 6.98 Å². The maximum atomic E-state index is 13.8. The van der Waals surface area contributed by atoms with Crippen LogP contribution in [0.4, 0.5) is 21.7 Å². The minimum atomic E-state index is -2.50. The standard InChI is InChI=1S/C24H24FN9O/c1-13-8-16(13)24(35)28-19-9-17-18(10-27-23(26-2)21(17)31-30-19)22-29-20-6-5-15(12-34(20)32-22)33-7-3-4-14(25)11-33/h4-6,9-10,12-13,16H,3,7-8,11H2,1-2H3,(H,26,27)(H,28,30,35)/t13-,16+/m1/s1/i2D3. The average molecular weight is 477 g/mol. The zero-order chi connectivity index (χ0) is 26.6. The van der Waals surface area contributed by atoms with Crippen LogP contribution >= 0.6 is 0 Å². The highest BCUT2D eigenvalue weighted by Gasteiger charge is 2.39. The molecule has 4 aromatic heterocycles. The van der Waals surface area contributed by atoms with Crippen LogP contribution in [0.2, 0.25) is 0 Å². The van der Waals surface area contributed by atoms with Crippen LogP contribution in [0.5, 0.6) is 0 Å². The Morgan fingerprint density at radius 2 is 2.20 bits per heavy atom. The fourth-order valence-corrected chi connectivity index (χ4v) is 4.37. The predicted octanol–water partition coefficient (Wildman–Crippen LogP) is 3.43. The summed E-state index contributed by atoms with van der Waals surface area (Å²) in [5.41, 5.74) is 2.06. The highest BCUT2D eigenvalue weighted by molar-refractivity contribution is 6.01. The number of nitrogens with one attached hydrogen (secondary N) is 2. The molecule has 6 rings (SSSR count). The van der Waals surface area contributed by atoms with Crippen LogP contribution in [0.3, 0.4) is 0 Å². The van der Waals surface area contributed by atoms with E-state index in [0.717, 1.165) is 12.1 Å². The molecule has 5 heterocycles. The zero-order valence-corrected chi connectivity index (χ0v) is 18.9. The van der Waals surface area contributed by atoms with E-state index in [1.54, 1.807) is 28.9 Å². The van der Waals surface area contributed by atoms with Crippen molar-refractivity contribution in [1.82, 2.24) is 29.8 Å². The lowest BCUT2D eigenvalue weighted by molar-refractivity contribution is -0.117. The van der Waals surface area contributed by atoms with Gasteiger partial charge >= 0.3 is 0 Å². The number of pyridine rings is 2. The number of hydrogen-bond acceptors (Lipinski definition) is 8. The first-order valence-corrected chi connectivity index (χ1v) is 11.4. The summed E-state index contributed by atoms with van der Waals surface area (Å²) in [5.74, 6) is 0.546. The lowest BCUT2D eigenvalue weighted by atomic mass is 10.1. The summed E-state index contributed by atoms with van der Waals surface area (Å²) in [6.07, 6.45) is 6.29. The molecule has 0 spiro atoms. The average Bonchev–Trinajstić information content (AvgIpc) is 3.45. The van der Waals surface area contributed by atoms with Gasteiger partial charge in [0.25, 0.3) is 0 Å². The van der Waals surface area contributed by atoms with Crippen molar-refractivity contribution in [2.75, 3.05) is 35.6 Å². The summed E-state index contributed by atoms with van der Waals surface area (Å²) < 4.78 is 38.2. The van der Waals surface area contributed by atoms with E-state index in [1.165, 1.54) is 6.20 Å². The van der Waals surface area contributed by atoms with Gasteiger partial charge in [0, 0.05) is 40.7 Å². The van der Waals surface area contributed by atoms with Crippen molar-refractivity contribution < 1.29 is 13.3 Å². The SMILES string of the molecule is [2H]C([2H])([2H])Nc1ncc(-c2nc3ccc(N4CCC=C(F)C4)cn3n2)c2cc(NC(=O)[C@H]3C[C@H]3C)nnc12. The number of anilines is 3. The van der Waals surface area contributed by atoms with Crippen molar-refractivity contribution in [2.24, 2.45) is 11.8 Å². The summed E-state index contributed by atoms with van der Waals surface area (Å²) >= 11 is 0. The molecule has 0 saturated heterocycles. The van der Waals surface area contributed by atoms with Crippen molar-refractivity contribution >= 4 is 39.8 Å². The highest BCUT2D eigenvalue weighted by Crippen LogP contribution is 2.38. The number of amides is 1. The van der Waals surface area contributed by atoms with Crippen LogP contribution in [0.25, 0.3) is 27.9 Å². The third kappa shape index (κ3) is 3.92. The molecule has 1 aliphatic carbocycles. The van der Waals surface area contributed by atoms with Crippen molar-refractivity contribution in [3.63, 3.8) is 0 Å². The number of rotatable bonds is 5. The fraction of sp³-hybridized carbons (Fsp3) is 0.333. The topological polar surface area (TPSA) is 113 Å². The van der Waals surface area contributed by atoms with Gasteiger partial charge in [-0.2, -0.15) is 0 Å². The summed E-state index contributed by atoms with van der Waals surface area (Å²) in [6, 6.07) is 5.28. The molecule has 0 aromatic carbocycles. The Labute approximate surface area is 204 Å². The molecule has 10 nitrogen and oxygen atoms in total. The highest BCUT2D eigenvalue weighted by atomic mass is 19.1. The van der Waals surface area contributed by atoms with Gasteiger partial charge < -0.3 is 15.5 Å². The second kappa shape index (κ2) is 8.26. The van der Waals surface area contributed by atoms with E-state index in [0.29, 0.717) is 41.3 Å². The Balaban J connectivity index is 1.41. The Kier molecular flexibility index (Phi) is 4.30. The number of carbonyl (C=O) groups is 1. The Morgan fingerprint density at radius 3 is 3.00 bits per heavy atom. The largest absolute Gasteiger partial charge is 0.371 e. The summed E-state index contributed by atoms with van der Waals surface area (Å²) in [7, 11) is 0. The molecular weight excluding hydrogens is 449 g/mol. The van der Waals surface area contributed by atoms with Gasteiger partial charge in [0.05, 0.1) is 18.4 Å². The summed E-state index contributed by atoms with van der Waals surface area (Å²) in [6.45, 7) is 0.400. The number of halogens is 1. The maximum Gasteiger partial charge on any atom is 0.228 e. The van der Waals surface area contributed by atoms with Crippen LogP contribution in [0.1, 0.15) is 23.9 Å². The van der Waals surface area contributed by atoms with Crippen LogP contribution in [0, 0.1) is 11.8 Å². The molecule has 1 amide bonds. The number of carbonyl (C=O) groups excluding carboxylic acids is 1. The van der Waals surface area contributed by atoms with Crippen molar-refractivity contribution in [2.45, 2.75) is 19.8 Å². The number of fused-ring (bicyclic) bond motifs is 2. The van der Waals surface area contributed by atoms with E-state index >= 15 is 0 Å². The van der Waals surface area contributed by atoms with Gasteiger partial charge in [0.2, 0.25) is 5.91 Å². The molecule has 2 atom stereocenters. The van der Waals surface area contributed by atoms with E-state index in [1.807, 2.05) is 17.9 Å². The first-order valence-electron chi connectivity index (χ1n) is 12.9. The van der Waals surface area contributed by atoms with E-state index in [-0.39, 0.29) is 41.3 Å². The molecule has 4 aromatic rings. The number of nitrogens with zero attached hydrogens (tertiary/aromatic N) is 7. The quantitative estimate of drug-likeness (QED) is 0.450. The summed E-state index contributed by atoms with van der Waals surface area (Å²) in [5, 5.41) is 18.5. The minimum absolute atomic E-state index is 0.0242. The third-order valence-electron chi connectivity index (χ3n) is 6.48. The first kappa shape index (κ1) is 18.2. The lowest BCUT2D eigenvalue weighted by Gasteiger charge is -2.26. The fourth-order valence-electron chi connectivity index (χ4n) is 4.37. The van der Waals surface area contributed by atoms with Gasteiger partial charge in [-0.3, -0.25) is 4.79 Å². The second-order valence-electron chi connectivity index (χ2n) is 8.93. The molecule has 1 saturated carbocycles. The molecule has 0 radical (unpaired) electrons. The molecule has 11 heteroatoms. The second-order valence-corrected chi connectivity index (χ2v) is 8.93. The molecule has 178 valence electrons. The van der Waals surface area contributed by atoms with Gasteiger partial charge in [-0.1, -0.05) is 6.92 Å². The van der Waals surface area contributed by atoms with Crippen molar-refractivity contribution in [3.8, 4) is 11.4 Å². The van der Waals surface area contributed by atoms with Crippen LogP contribution < -0.4 is 15.5 Å². The molecule has 0 unspecified atom stereocenters. The van der Waals surface area contributed by atoms with Crippen LogP contribution in [0.15, 0.2) is 42.5 Å². The lowest BCUT2D eigenvalue weighted by Crippen LogP contribution is -2.28. The molecule has 2 N–H and O–H groups in total. The Morgan fingerprint density at radius 1 is 1.31 bits per heavy atom. The van der Waals surface area contributed by atoms with E-state index in [9.17, 15) is 9.18 Å². The van der Waals surface area contributed by atoms with Crippen molar-refractivity contribution in [1.29, 1.82) is 0 Å². The minimum Gasteiger partial charge on any atom is -0.371 e. The number of aromatic nitrogens is 6. The molecule has 0 bridgehead atoms. The van der Waals surface area contributed by atoms with Gasteiger partial charge in [-0.25, -0.2) is 18.9 Å². The van der Waals surface area contributed by atoms with Gasteiger partial charge in [-0.15, -0.1) is 15.3 Å². The van der Waals surface area contributed by atoms with Crippen LogP contribution in [-0.2, 0) is 4.79 Å². The maximum absolute atomic E-state index is 13.8. The van der Waals surface area contributed by atoms with E-state index in [2.05, 4.69) is 35.9 Å². The molecule has 35 heavy (non-hydrogen) atoms. The zero-order valence-electron chi connectivity index (χ0n) is 21.9. The molecular formula is C24H24FN9O. The summed E-state index contributed by atoms with van der Waals surface area (Å²) in [4.78, 5) is 23.3. The van der Waals surface area contributed by atoms with Crippen LogP contribution in [-0.4, -0.2) is 55.8 Å². The number of hydrogen-bond donors (Lipinski definition) is 2. The first-order chi connectivity index (χ1) is 18.1. The van der Waals surface area contributed by atoms with Gasteiger partial charge in [-0.05, 0) is 43.0 Å². The third-order valence-corrected chi connectivity index (χ3v) is 6.48. The Bertz CT molecular complexity index is 1600. The predicted molar refractivity (Wildman–Crippen MR) is 131 cm³/mol. The molecule has 1 aliphatic heterocycles. The van der Waals surface area contributed by atoms with Crippen molar-refractivity contribution in [3.05, 3.63) is 42.5 Å². The van der Waals surface area contributed by atoms with Gasteiger partial charge in [0.1, 0.15) is 11.3 Å². The molecule has 2 aliphatic rings. The Hall–Kier alpha value is -4.15.